The molecular weight excluding hydrogens is 460 g/mol. The molecule has 3 aromatic carbocycles. The Morgan fingerprint density at radius 3 is 2.22 bits per heavy atom. The van der Waals surface area contributed by atoms with Gasteiger partial charge < -0.3 is 24.8 Å². The fraction of sp³-hybridized carbons (Fsp3) is 0.241. The van der Waals surface area contributed by atoms with Gasteiger partial charge in [0.15, 0.2) is 5.78 Å². The van der Waals surface area contributed by atoms with Gasteiger partial charge in [0.2, 0.25) is 0 Å². The highest BCUT2D eigenvalue weighted by atomic mass is 16.5. The Hall–Kier alpha value is -4.26. The van der Waals surface area contributed by atoms with Crippen molar-refractivity contribution in [2.75, 3.05) is 14.2 Å². The van der Waals surface area contributed by atoms with Crippen molar-refractivity contribution in [1.29, 1.82) is 0 Å². The SMILES string of the molecule is COC(=O)c1ccc(C(C=C(C)C)c2c(OC)cc(O)c(C(=O)CCc3ccccc3)c2O)c(O)c1. The molecule has 3 aromatic rings. The Kier molecular flexibility index (Phi) is 8.38. The molecule has 0 aliphatic rings. The Labute approximate surface area is 210 Å². The number of Topliss-reactive ketones (excluding diaryl/α,β-unsaturated/α-hetero) is 1. The number of aromatic hydroxyl groups is 3. The summed E-state index contributed by atoms with van der Waals surface area (Å²) in [5.41, 5.74) is 2.35. The number of carbonyl (C=O) groups is 2. The molecule has 0 radical (unpaired) electrons. The monoisotopic (exact) mass is 490 g/mol. The zero-order chi connectivity index (χ0) is 26.4. The summed E-state index contributed by atoms with van der Waals surface area (Å²) in [6.07, 6.45) is 2.30. The van der Waals surface area contributed by atoms with E-state index >= 15 is 0 Å². The van der Waals surface area contributed by atoms with Crippen molar-refractivity contribution in [1.82, 2.24) is 0 Å². The van der Waals surface area contributed by atoms with Gasteiger partial charge in [-0.2, -0.15) is 0 Å². The number of phenols is 3. The topological polar surface area (TPSA) is 113 Å². The van der Waals surface area contributed by atoms with Crippen LogP contribution in [-0.4, -0.2) is 41.3 Å². The third-order valence-corrected chi connectivity index (χ3v) is 5.86. The molecule has 0 saturated carbocycles. The minimum absolute atomic E-state index is 0.0727. The quantitative estimate of drug-likeness (QED) is 0.206. The first-order valence-electron chi connectivity index (χ1n) is 11.4. The van der Waals surface area contributed by atoms with Crippen LogP contribution in [0.25, 0.3) is 0 Å². The molecule has 0 bridgehead atoms. The molecule has 7 heteroatoms. The van der Waals surface area contributed by atoms with Crippen molar-refractivity contribution in [2.45, 2.75) is 32.6 Å². The van der Waals surface area contributed by atoms with Crippen LogP contribution in [0, 0.1) is 0 Å². The molecule has 0 amide bonds. The lowest BCUT2D eigenvalue weighted by atomic mass is 9.85. The summed E-state index contributed by atoms with van der Waals surface area (Å²) >= 11 is 0. The molecule has 0 aromatic heterocycles. The highest BCUT2D eigenvalue weighted by Gasteiger charge is 2.29. The first kappa shape index (κ1) is 26.3. The minimum atomic E-state index is -0.752. The Morgan fingerprint density at radius 1 is 0.944 bits per heavy atom. The number of hydrogen-bond acceptors (Lipinski definition) is 7. The molecule has 0 saturated heterocycles. The second kappa shape index (κ2) is 11.4. The Balaban J connectivity index is 2.13. The lowest BCUT2D eigenvalue weighted by Crippen LogP contribution is -2.09. The van der Waals surface area contributed by atoms with E-state index in [4.69, 9.17) is 9.47 Å². The maximum absolute atomic E-state index is 13.1. The van der Waals surface area contributed by atoms with E-state index in [9.17, 15) is 24.9 Å². The standard InChI is InChI=1S/C29H30O7/c1-17(2)14-21(20-12-11-19(15-23(20)31)29(34)36-4)26-25(35-3)16-24(32)27(28(26)33)22(30)13-10-18-8-6-5-7-9-18/h5-9,11-12,14-16,21,31-33H,10,13H2,1-4H3. The van der Waals surface area contributed by atoms with Crippen LogP contribution in [0.2, 0.25) is 0 Å². The molecule has 3 rings (SSSR count). The summed E-state index contributed by atoms with van der Waals surface area (Å²) in [4.78, 5) is 25.0. The summed E-state index contributed by atoms with van der Waals surface area (Å²) in [5.74, 6) is -2.67. The number of hydrogen-bond donors (Lipinski definition) is 3. The lowest BCUT2D eigenvalue weighted by Gasteiger charge is -2.22. The van der Waals surface area contributed by atoms with Crippen molar-refractivity contribution in [3.05, 3.63) is 94.1 Å². The van der Waals surface area contributed by atoms with Crippen molar-refractivity contribution in [3.63, 3.8) is 0 Å². The van der Waals surface area contributed by atoms with Gasteiger partial charge in [-0.25, -0.2) is 4.79 Å². The van der Waals surface area contributed by atoms with Crippen LogP contribution in [0.1, 0.15) is 63.6 Å². The van der Waals surface area contributed by atoms with Gasteiger partial charge in [0.1, 0.15) is 28.6 Å². The molecular formula is C29H30O7. The van der Waals surface area contributed by atoms with E-state index in [1.54, 1.807) is 12.1 Å². The summed E-state index contributed by atoms with van der Waals surface area (Å²) in [6.45, 7) is 3.70. The number of ether oxygens (including phenoxy) is 2. The average Bonchev–Trinajstić information content (AvgIpc) is 2.86. The van der Waals surface area contributed by atoms with E-state index in [1.165, 1.54) is 32.4 Å². The normalized spacial score (nSPS) is 11.4. The van der Waals surface area contributed by atoms with E-state index in [1.807, 2.05) is 44.2 Å². The van der Waals surface area contributed by atoms with Crippen LogP contribution in [0.5, 0.6) is 23.0 Å². The number of aryl methyl sites for hydroxylation is 1. The molecule has 7 nitrogen and oxygen atoms in total. The van der Waals surface area contributed by atoms with Gasteiger partial charge in [0.25, 0.3) is 0 Å². The fourth-order valence-corrected chi connectivity index (χ4v) is 4.13. The van der Waals surface area contributed by atoms with E-state index < -0.39 is 29.2 Å². The number of methoxy groups -OCH3 is 2. The van der Waals surface area contributed by atoms with Gasteiger partial charge in [-0.15, -0.1) is 0 Å². The highest BCUT2D eigenvalue weighted by molar-refractivity contribution is 6.02. The number of rotatable bonds is 9. The molecule has 0 heterocycles. The van der Waals surface area contributed by atoms with Gasteiger partial charge in [-0.3, -0.25) is 4.79 Å². The maximum Gasteiger partial charge on any atom is 0.337 e. The number of benzene rings is 3. The zero-order valence-electron chi connectivity index (χ0n) is 20.7. The van der Waals surface area contributed by atoms with Crippen molar-refractivity contribution >= 4 is 11.8 Å². The molecule has 0 aliphatic carbocycles. The number of ketones is 1. The summed E-state index contributed by atoms with van der Waals surface area (Å²) in [6, 6.07) is 15.1. The molecule has 0 spiro atoms. The third kappa shape index (κ3) is 5.68. The van der Waals surface area contributed by atoms with Crippen LogP contribution in [-0.2, 0) is 11.2 Å². The van der Waals surface area contributed by atoms with Gasteiger partial charge in [0, 0.05) is 29.5 Å². The molecule has 1 atom stereocenters. The van der Waals surface area contributed by atoms with Gasteiger partial charge in [-0.1, -0.05) is 48.0 Å². The number of carbonyl (C=O) groups excluding carboxylic acids is 2. The average molecular weight is 491 g/mol. The van der Waals surface area contributed by atoms with Crippen LogP contribution in [0.4, 0.5) is 0 Å². The number of phenolic OH excluding ortho intramolecular Hbond substituents is 3. The van der Waals surface area contributed by atoms with Gasteiger partial charge in [-0.05, 0) is 38.0 Å². The molecule has 3 N–H and O–H groups in total. The van der Waals surface area contributed by atoms with E-state index in [0.29, 0.717) is 12.0 Å². The molecule has 188 valence electrons. The van der Waals surface area contributed by atoms with Gasteiger partial charge >= 0.3 is 5.97 Å². The zero-order valence-corrected chi connectivity index (χ0v) is 20.7. The Morgan fingerprint density at radius 2 is 1.64 bits per heavy atom. The van der Waals surface area contributed by atoms with E-state index in [2.05, 4.69) is 0 Å². The summed E-state index contributed by atoms with van der Waals surface area (Å²) < 4.78 is 10.2. The second-order valence-corrected chi connectivity index (χ2v) is 8.63. The lowest BCUT2D eigenvalue weighted by molar-refractivity contribution is 0.0600. The van der Waals surface area contributed by atoms with Crippen molar-refractivity contribution in [2.24, 2.45) is 0 Å². The number of esters is 1. The molecule has 0 fully saturated rings. The summed E-state index contributed by atoms with van der Waals surface area (Å²) in [5, 5.41) is 32.8. The van der Waals surface area contributed by atoms with Crippen molar-refractivity contribution in [3.8, 4) is 23.0 Å². The van der Waals surface area contributed by atoms with Crippen LogP contribution in [0.3, 0.4) is 0 Å². The highest BCUT2D eigenvalue weighted by Crippen LogP contribution is 2.47. The largest absolute Gasteiger partial charge is 0.508 e. The third-order valence-electron chi connectivity index (χ3n) is 5.86. The predicted octanol–water partition coefficient (Wildman–Crippen LogP) is 5.51. The van der Waals surface area contributed by atoms with Crippen LogP contribution < -0.4 is 4.74 Å². The minimum Gasteiger partial charge on any atom is -0.508 e. The maximum atomic E-state index is 13.1. The smallest absolute Gasteiger partial charge is 0.337 e. The summed E-state index contributed by atoms with van der Waals surface area (Å²) in [7, 11) is 2.63. The first-order chi connectivity index (χ1) is 17.2. The molecule has 1 unspecified atom stereocenters. The molecule has 0 aliphatic heterocycles. The predicted molar refractivity (Wildman–Crippen MR) is 136 cm³/mol. The van der Waals surface area contributed by atoms with Crippen LogP contribution >= 0.6 is 0 Å². The van der Waals surface area contributed by atoms with E-state index in [-0.39, 0.29) is 34.6 Å². The number of allylic oxidation sites excluding steroid dienone is 2. The molecule has 36 heavy (non-hydrogen) atoms. The second-order valence-electron chi connectivity index (χ2n) is 8.63. The van der Waals surface area contributed by atoms with E-state index in [0.717, 1.165) is 11.1 Å². The van der Waals surface area contributed by atoms with Gasteiger partial charge in [0.05, 0.1) is 19.8 Å². The first-order valence-corrected chi connectivity index (χ1v) is 11.4. The van der Waals surface area contributed by atoms with Crippen LogP contribution in [0.15, 0.2) is 66.2 Å². The Bertz CT molecular complexity index is 1290. The fourth-order valence-electron chi connectivity index (χ4n) is 4.13. The van der Waals surface area contributed by atoms with Crippen molar-refractivity contribution < 1.29 is 34.4 Å².